The fraction of sp³-hybridized carbons (Fsp3) is 0.238. The van der Waals surface area contributed by atoms with Crippen molar-refractivity contribution in [2.24, 2.45) is 5.92 Å². The van der Waals surface area contributed by atoms with Crippen LogP contribution in [0.3, 0.4) is 0 Å². The van der Waals surface area contributed by atoms with Gasteiger partial charge in [0, 0.05) is 18.2 Å². The molecule has 2 aromatic carbocycles. The Bertz CT molecular complexity index is 1080. The number of benzene rings is 2. The van der Waals surface area contributed by atoms with Crippen molar-refractivity contribution in [2.75, 3.05) is 17.2 Å². The van der Waals surface area contributed by atoms with Crippen LogP contribution < -0.4 is 20.7 Å². The van der Waals surface area contributed by atoms with Gasteiger partial charge in [0.15, 0.2) is 10.2 Å². The van der Waals surface area contributed by atoms with Gasteiger partial charge < -0.3 is 15.4 Å². The fourth-order valence-electron chi connectivity index (χ4n) is 2.53. The van der Waals surface area contributed by atoms with Gasteiger partial charge in [-0.25, -0.2) is 4.98 Å². The Hall–Kier alpha value is -3.04. The van der Waals surface area contributed by atoms with Gasteiger partial charge in [-0.3, -0.25) is 14.9 Å². The number of hydrogen-bond donors (Lipinski definition) is 3. The van der Waals surface area contributed by atoms with Gasteiger partial charge in [-0.1, -0.05) is 25.2 Å². The number of thiazole rings is 1. The van der Waals surface area contributed by atoms with Crippen LogP contribution in [0.5, 0.6) is 5.75 Å². The van der Waals surface area contributed by atoms with Gasteiger partial charge in [-0.2, -0.15) is 0 Å². The molecule has 30 heavy (non-hydrogen) atoms. The Balaban J connectivity index is 1.59. The first-order chi connectivity index (χ1) is 14.3. The molecule has 156 valence electrons. The summed E-state index contributed by atoms with van der Waals surface area (Å²) in [4.78, 5) is 28.0. The van der Waals surface area contributed by atoms with Crippen LogP contribution in [-0.2, 0) is 4.79 Å². The number of carbonyl (C=O) groups excluding carboxylic acids is 2. The molecule has 1 aromatic heterocycles. The quantitative estimate of drug-likeness (QED) is 0.490. The van der Waals surface area contributed by atoms with E-state index in [2.05, 4.69) is 34.8 Å². The second-order valence-electron chi connectivity index (χ2n) is 7.02. The Morgan fingerprint density at radius 3 is 2.53 bits per heavy atom. The van der Waals surface area contributed by atoms with Gasteiger partial charge in [0.2, 0.25) is 5.91 Å². The van der Waals surface area contributed by atoms with Crippen molar-refractivity contribution in [3.8, 4) is 5.75 Å². The minimum atomic E-state index is -0.322. The highest BCUT2D eigenvalue weighted by Crippen LogP contribution is 2.28. The molecule has 1 heterocycles. The Morgan fingerprint density at radius 1 is 1.13 bits per heavy atom. The lowest BCUT2D eigenvalue weighted by Crippen LogP contribution is -2.34. The average Bonchev–Trinajstić information content (AvgIpc) is 3.07. The number of ether oxygens (including phenoxy) is 1. The summed E-state index contributed by atoms with van der Waals surface area (Å²) in [7, 11) is 0. The molecule has 0 unspecified atom stereocenters. The van der Waals surface area contributed by atoms with E-state index in [9.17, 15) is 9.59 Å². The molecule has 0 atom stereocenters. The number of aromatic nitrogens is 1. The van der Waals surface area contributed by atoms with Gasteiger partial charge in [-0.15, -0.1) is 0 Å². The molecule has 3 rings (SSSR count). The molecule has 0 saturated carbocycles. The van der Waals surface area contributed by atoms with Crippen LogP contribution in [0.1, 0.15) is 31.1 Å². The van der Waals surface area contributed by atoms with Crippen molar-refractivity contribution in [3.05, 3.63) is 48.0 Å². The van der Waals surface area contributed by atoms with Crippen LogP contribution in [0.4, 0.5) is 10.8 Å². The third-order valence-electron chi connectivity index (χ3n) is 3.86. The minimum Gasteiger partial charge on any atom is -0.493 e. The van der Waals surface area contributed by atoms with Crippen LogP contribution >= 0.6 is 23.6 Å². The molecule has 0 aliphatic heterocycles. The van der Waals surface area contributed by atoms with Crippen LogP contribution in [-0.4, -0.2) is 28.5 Å². The lowest BCUT2D eigenvalue weighted by molar-refractivity contribution is -0.114. The first-order valence-electron chi connectivity index (χ1n) is 9.33. The highest BCUT2D eigenvalue weighted by atomic mass is 32.1. The van der Waals surface area contributed by atoms with Crippen LogP contribution in [0.2, 0.25) is 0 Å². The first-order valence-corrected chi connectivity index (χ1v) is 10.6. The van der Waals surface area contributed by atoms with Gasteiger partial charge in [0.05, 0.1) is 16.8 Å². The summed E-state index contributed by atoms with van der Waals surface area (Å²) in [5, 5.41) is 9.02. The molecule has 3 N–H and O–H groups in total. The summed E-state index contributed by atoms with van der Waals surface area (Å²) in [6.07, 6.45) is 0. The molecular weight excluding hydrogens is 420 g/mol. The Labute approximate surface area is 183 Å². The number of hydrogen-bond acceptors (Lipinski definition) is 6. The molecule has 0 spiro atoms. The van der Waals surface area contributed by atoms with Crippen molar-refractivity contribution >= 4 is 61.5 Å². The second-order valence-corrected chi connectivity index (χ2v) is 8.46. The van der Waals surface area contributed by atoms with Crippen LogP contribution in [0.25, 0.3) is 10.2 Å². The van der Waals surface area contributed by atoms with Crippen molar-refractivity contribution in [1.29, 1.82) is 0 Å². The molecule has 0 bridgehead atoms. The lowest BCUT2D eigenvalue weighted by atomic mass is 10.2. The standard InChI is InChI=1S/C21H22N4O3S2/c1-12(2)11-28-16-7-4-14(5-8-16)19(27)24-20(29)25-21-23-17-9-6-15(22-13(3)26)10-18(17)30-21/h4-10,12H,11H2,1-3H3,(H,22,26)(H2,23,24,25,27,29). The average molecular weight is 443 g/mol. The highest BCUT2D eigenvalue weighted by Gasteiger charge is 2.11. The second kappa shape index (κ2) is 9.64. The third kappa shape index (κ3) is 5.98. The molecule has 0 saturated heterocycles. The topological polar surface area (TPSA) is 92.4 Å². The maximum atomic E-state index is 12.4. The molecule has 2 amide bonds. The predicted octanol–water partition coefficient (Wildman–Crippen LogP) is 4.42. The zero-order valence-corrected chi connectivity index (χ0v) is 18.4. The van der Waals surface area contributed by atoms with E-state index in [-0.39, 0.29) is 16.9 Å². The first kappa shape index (κ1) is 21.7. The summed E-state index contributed by atoms with van der Waals surface area (Å²) in [6, 6.07) is 12.3. The minimum absolute atomic E-state index is 0.138. The SMILES string of the molecule is CC(=O)Nc1ccc2nc(NC(=S)NC(=O)c3ccc(OCC(C)C)cc3)sc2c1. The number of thiocarbonyl (C=S) groups is 1. The zero-order chi connectivity index (χ0) is 21.7. The summed E-state index contributed by atoms with van der Waals surface area (Å²) in [6.45, 7) is 6.22. The van der Waals surface area contributed by atoms with E-state index in [1.165, 1.54) is 18.3 Å². The Morgan fingerprint density at radius 2 is 1.87 bits per heavy atom. The number of rotatable bonds is 6. The maximum absolute atomic E-state index is 12.4. The van der Waals surface area contributed by atoms with E-state index in [0.717, 1.165) is 10.2 Å². The van der Waals surface area contributed by atoms with E-state index in [0.29, 0.717) is 34.7 Å². The van der Waals surface area contributed by atoms with Gasteiger partial charge >= 0.3 is 0 Å². The monoisotopic (exact) mass is 442 g/mol. The van der Waals surface area contributed by atoms with E-state index >= 15 is 0 Å². The fourth-order valence-corrected chi connectivity index (χ4v) is 3.69. The van der Waals surface area contributed by atoms with Gasteiger partial charge in [0.1, 0.15) is 5.75 Å². The van der Waals surface area contributed by atoms with Crippen molar-refractivity contribution < 1.29 is 14.3 Å². The largest absolute Gasteiger partial charge is 0.493 e. The van der Waals surface area contributed by atoms with E-state index in [1.54, 1.807) is 30.3 Å². The van der Waals surface area contributed by atoms with Gasteiger partial charge in [0.25, 0.3) is 5.91 Å². The number of nitrogens with one attached hydrogen (secondary N) is 3. The molecule has 0 aliphatic carbocycles. The van der Waals surface area contributed by atoms with Crippen LogP contribution in [0, 0.1) is 5.92 Å². The third-order valence-corrected chi connectivity index (χ3v) is 4.99. The highest BCUT2D eigenvalue weighted by molar-refractivity contribution is 7.80. The molecule has 0 fully saturated rings. The number of nitrogens with zero attached hydrogens (tertiary/aromatic N) is 1. The summed E-state index contributed by atoms with van der Waals surface area (Å²) >= 11 is 6.61. The lowest BCUT2D eigenvalue weighted by Gasteiger charge is -2.10. The van der Waals surface area contributed by atoms with Crippen molar-refractivity contribution in [3.63, 3.8) is 0 Å². The van der Waals surface area contributed by atoms with E-state index in [4.69, 9.17) is 17.0 Å². The molecule has 0 aliphatic rings. The summed E-state index contributed by atoms with van der Waals surface area (Å²) < 4.78 is 6.50. The smallest absolute Gasteiger partial charge is 0.257 e. The number of anilines is 2. The van der Waals surface area contributed by atoms with Gasteiger partial charge in [-0.05, 0) is 60.6 Å². The molecule has 7 nitrogen and oxygen atoms in total. The van der Waals surface area contributed by atoms with E-state index in [1.807, 2.05) is 12.1 Å². The number of carbonyl (C=O) groups is 2. The number of fused-ring (bicyclic) bond motifs is 1. The molecule has 9 heteroatoms. The molecular formula is C21H22N4O3S2. The normalized spacial score (nSPS) is 10.7. The predicted molar refractivity (Wildman–Crippen MR) is 124 cm³/mol. The maximum Gasteiger partial charge on any atom is 0.257 e. The summed E-state index contributed by atoms with van der Waals surface area (Å²) in [5.41, 5.74) is 1.94. The van der Waals surface area contributed by atoms with Crippen LogP contribution in [0.15, 0.2) is 42.5 Å². The van der Waals surface area contributed by atoms with Crippen molar-refractivity contribution in [1.82, 2.24) is 10.3 Å². The van der Waals surface area contributed by atoms with E-state index < -0.39 is 0 Å². The molecule has 0 radical (unpaired) electrons. The Kier molecular flexibility index (Phi) is 6.96. The zero-order valence-electron chi connectivity index (χ0n) is 16.8. The summed E-state index contributed by atoms with van der Waals surface area (Å²) in [5.74, 6) is 0.683. The van der Waals surface area contributed by atoms with Crippen molar-refractivity contribution in [2.45, 2.75) is 20.8 Å². The number of amides is 2. The molecule has 3 aromatic rings.